The Bertz CT molecular complexity index is 506. The quantitative estimate of drug-likeness (QED) is 0.866. The summed E-state index contributed by atoms with van der Waals surface area (Å²) in [6.07, 6.45) is 0. The molecule has 0 fully saturated rings. The Morgan fingerprint density at radius 3 is 1.95 bits per heavy atom. The Balaban J connectivity index is 1.96. The first-order valence-electron chi connectivity index (χ1n) is 6.09. The van der Waals surface area contributed by atoms with Crippen LogP contribution in [0.5, 0.6) is 23.0 Å². The number of aromatic hydroxyl groups is 1. The molecular weight excluding hydrogens is 242 g/mol. The second-order valence-electron chi connectivity index (χ2n) is 4.36. The van der Waals surface area contributed by atoms with E-state index in [-0.39, 0.29) is 11.8 Å². The van der Waals surface area contributed by atoms with Crippen LogP contribution in [0, 0.1) is 0 Å². The molecule has 0 saturated carbocycles. The molecule has 0 aliphatic carbocycles. The smallest absolute Gasteiger partial charge is 0.127 e. The monoisotopic (exact) mass is 259 g/mol. The van der Waals surface area contributed by atoms with E-state index in [1.54, 1.807) is 24.3 Å². The van der Waals surface area contributed by atoms with E-state index in [9.17, 15) is 5.11 Å². The van der Waals surface area contributed by atoms with E-state index in [1.807, 2.05) is 31.2 Å². The van der Waals surface area contributed by atoms with Crippen LogP contribution in [0.15, 0.2) is 48.5 Å². The molecular formula is C15H17NO3. The van der Waals surface area contributed by atoms with E-state index in [4.69, 9.17) is 15.2 Å². The maximum Gasteiger partial charge on any atom is 0.127 e. The Hall–Kier alpha value is -2.20. The summed E-state index contributed by atoms with van der Waals surface area (Å²) in [7, 11) is 0. The zero-order valence-corrected chi connectivity index (χ0v) is 10.7. The number of rotatable bonds is 5. The van der Waals surface area contributed by atoms with E-state index in [0.717, 1.165) is 5.75 Å². The third-order valence-electron chi connectivity index (χ3n) is 2.41. The first-order valence-corrected chi connectivity index (χ1v) is 6.09. The van der Waals surface area contributed by atoms with Crippen molar-refractivity contribution in [2.45, 2.75) is 13.0 Å². The van der Waals surface area contributed by atoms with Crippen LogP contribution in [0.25, 0.3) is 0 Å². The summed E-state index contributed by atoms with van der Waals surface area (Å²) < 4.78 is 11.1. The van der Waals surface area contributed by atoms with Gasteiger partial charge >= 0.3 is 0 Å². The Morgan fingerprint density at radius 1 is 0.947 bits per heavy atom. The summed E-state index contributed by atoms with van der Waals surface area (Å²) in [6.45, 7) is 2.38. The van der Waals surface area contributed by atoms with Gasteiger partial charge in [0.1, 0.15) is 29.6 Å². The molecule has 100 valence electrons. The van der Waals surface area contributed by atoms with Crippen molar-refractivity contribution in [2.24, 2.45) is 5.73 Å². The van der Waals surface area contributed by atoms with Crippen molar-refractivity contribution in [1.29, 1.82) is 0 Å². The first kappa shape index (κ1) is 13.2. The molecule has 4 heteroatoms. The van der Waals surface area contributed by atoms with Gasteiger partial charge in [-0.1, -0.05) is 0 Å². The van der Waals surface area contributed by atoms with Gasteiger partial charge in [0.2, 0.25) is 0 Å². The average molecular weight is 259 g/mol. The largest absolute Gasteiger partial charge is 0.508 e. The van der Waals surface area contributed by atoms with E-state index in [2.05, 4.69) is 0 Å². The maximum absolute atomic E-state index is 9.18. The Morgan fingerprint density at radius 2 is 1.42 bits per heavy atom. The van der Waals surface area contributed by atoms with Gasteiger partial charge in [-0.15, -0.1) is 0 Å². The minimum absolute atomic E-state index is 0.00734. The summed E-state index contributed by atoms with van der Waals surface area (Å²) in [5.74, 6) is 2.35. The highest BCUT2D eigenvalue weighted by Gasteiger charge is 2.00. The maximum atomic E-state index is 9.18. The highest BCUT2D eigenvalue weighted by Crippen LogP contribution is 2.25. The SMILES string of the molecule is C[C@H](N)COc1ccc(Oc2ccc(O)cc2)cc1. The zero-order valence-electron chi connectivity index (χ0n) is 10.7. The average Bonchev–Trinajstić information content (AvgIpc) is 2.40. The molecule has 0 amide bonds. The van der Waals surface area contributed by atoms with Crippen molar-refractivity contribution in [3.63, 3.8) is 0 Å². The van der Waals surface area contributed by atoms with Gasteiger partial charge in [-0.2, -0.15) is 0 Å². The van der Waals surface area contributed by atoms with Gasteiger partial charge in [-0.25, -0.2) is 0 Å². The summed E-state index contributed by atoms with van der Waals surface area (Å²) in [4.78, 5) is 0. The predicted molar refractivity (Wildman–Crippen MR) is 73.8 cm³/mol. The van der Waals surface area contributed by atoms with Gasteiger partial charge in [-0.05, 0) is 55.5 Å². The summed E-state index contributed by atoms with van der Waals surface area (Å²) in [5, 5.41) is 9.18. The molecule has 1 atom stereocenters. The number of nitrogens with two attached hydrogens (primary N) is 1. The summed E-state index contributed by atoms with van der Waals surface area (Å²) in [6, 6.07) is 13.9. The van der Waals surface area contributed by atoms with Gasteiger partial charge in [0.15, 0.2) is 0 Å². The number of phenols is 1. The Kier molecular flexibility index (Phi) is 4.26. The molecule has 0 radical (unpaired) electrons. The number of phenolic OH excluding ortho intramolecular Hbond substituents is 1. The van der Waals surface area contributed by atoms with Gasteiger partial charge in [0.05, 0.1) is 0 Å². The van der Waals surface area contributed by atoms with Gasteiger partial charge in [-0.3, -0.25) is 0 Å². The van der Waals surface area contributed by atoms with Crippen LogP contribution in [0.3, 0.4) is 0 Å². The fourth-order valence-corrected chi connectivity index (χ4v) is 1.48. The fraction of sp³-hybridized carbons (Fsp3) is 0.200. The standard InChI is InChI=1S/C15H17NO3/c1-11(16)10-18-13-6-8-15(9-7-13)19-14-4-2-12(17)3-5-14/h2-9,11,17H,10,16H2,1H3/t11-/m0/s1. The van der Waals surface area contributed by atoms with Gasteiger partial charge in [0, 0.05) is 6.04 Å². The number of hydrogen-bond donors (Lipinski definition) is 2. The highest BCUT2D eigenvalue weighted by molar-refractivity contribution is 5.37. The highest BCUT2D eigenvalue weighted by atomic mass is 16.5. The van der Waals surface area contributed by atoms with Crippen LogP contribution in [-0.4, -0.2) is 17.8 Å². The van der Waals surface area contributed by atoms with E-state index in [1.165, 1.54) is 0 Å². The molecule has 0 unspecified atom stereocenters. The van der Waals surface area contributed by atoms with Crippen molar-refractivity contribution >= 4 is 0 Å². The third-order valence-corrected chi connectivity index (χ3v) is 2.41. The number of hydrogen-bond acceptors (Lipinski definition) is 4. The fourth-order valence-electron chi connectivity index (χ4n) is 1.48. The lowest BCUT2D eigenvalue weighted by atomic mass is 10.3. The van der Waals surface area contributed by atoms with Crippen LogP contribution in [-0.2, 0) is 0 Å². The first-order chi connectivity index (χ1) is 9.13. The van der Waals surface area contributed by atoms with Gasteiger partial charge in [0.25, 0.3) is 0 Å². The lowest BCUT2D eigenvalue weighted by Gasteiger charge is -2.10. The molecule has 0 aliphatic rings. The van der Waals surface area contributed by atoms with Crippen LogP contribution in [0.4, 0.5) is 0 Å². The van der Waals surface area contributed by atoms with E-state index >= 15 is 0 Å². The van der Waals surface area contributed by atoms with Gasteiger partial charge < -0.3 is 20.3 Å². The van der Waals surface area contributed by atoms with Crippen LogP contribution >= 0.6 is 0 Å². The topological polar surface area (TPSA) is 64.7 Å². The Labute approximate surface area is 112 Å². The van der Waals surface area contributed by atoms with E-state index < -0.39 is 0 Å². The normalized spacial score (nSPS) is 11.9. The minimum Gasteiger partial charge on any atom is -0.508 e. The van der Waals surface area contributed by atoms with Crippen molar-refractivity contribution in [3.8, 4) is 23.0 Å². The number of ether oxygens (including phenoxy) is 2. The molecule has 19 heavy (non-hydrogen) atoms. The predicted octanol–water partition coefficient (Wildman–Crippen LogP) is 2.91. The molecule has 2 aromatic carbocycles. The lowest BCUT2D eigenvalue weighted by Crippen LogP contribution is -2.23. The van der Waals surface area contributed by atoms with E-state index in [0.29, 0.717) is 18.1 Å². The molecule has 2 rings (SSSR count). The summed E-state index contributed by atoms with van der Waals surface area (Å²) in [5.41, 5.74) is 5.61. The summed E-state index contributed by atoms with van der Waals surface area (Å²) >= 11 is 0. The number of benzene rings is 2. The zero-order chi connectivity index (χ0) is 13.7. The molecule has 2 aromatic rings. The molecule has 4 nitrogen and oxygen atoms in total. The lowest BCUT2D eigenvalue weighted by molar-refractivity contribution is 0.296. The van der Waals surface area contributed by atoms with Crippen molar-refractivity contribution in [2.75, 3.05) is 6.61 Å². The van der Waals surface area contributed by atoms with Crippen molar-refractivity contribution in [1.82, 2.24) is 0 Å². The van der Waals surface area contributed by atoms with Crippen LogP contribution < -0.4 is 15.2 Å². The van der Waals surface area contributed by atoms with Crippen molar-refractivity contribution in [3.05, 3.63) is 48.5 Å². The molecule has 0 aromatic heterocycles. The molecule has 0 spiro atoms. The minimum atomic E-state index is 0.00734. The third kappa shape index (κ3) is 4.19. The molecule has 0 heterocycles. The second-order valence-corrected chi connectivity index (χ2v) is 4.36. The molecule has 0 bridgehead atoms. The molecule has 0 saturated heterocycles. The van der Waals surface area contributed by atoms with Crippen LogP contribution in [0.1, 0.15) is 6.92 Å². The molecule has 3 N–H and O–H groups in total. The van der Waals surface area contributed by atoms with Crippen LogP contribution in [0.2, 0.25) is 0 Å². The van der Waals surface area contributed by atoms with Crippen molar-refractivity contribution < 1.29 is 14.6 Å². The second kappa shape index (κ2) is 6.11. The molecule has 0 aliphatic heterocycles.